The molecule has 4 nitrogen and oxygen atoms in total. The standard InChI is InChI=1S/C18H22N2O2/c1-12-8-13(2)10-15(9-12)20-18(21)7-5-14-4-6-17(22-3)16(19)11-14/h4,6,8-11H,5,7,19H2,1-3H3,(H,20,21). The summed E-state index contributed by atoms with van der Waals surface area (Å²) in [4.78, 5) is 12.0. The molecule has 0 aliphatic heterocycles. The van der Waals surface area contributed by atoms with E-state index in [1.807, 2.05) is 44.2 Å². The minimum atomic E-state index is -0.000565. The van der Waals surface area contributed by atoms with Gasteiger partial charge in [-0.3, -0.25) is 4.79 Å². The van der Waals surface area contributed by atoms with Gasteiger partial charge in [0, 0.05) is 12.1 Å². The maximum Gasteiger partial charge on any atom is 0.224 e. The summed E-state index contributed by atoms with van der Waals surface area (Å²) in [6.07, 6.45) is 1.06. The Morgan fingerprint density at radius 3 is 2.41 bits per heavy atom. The number of nitrogens with one attached hydrogen (secondary N) is 1. The second-order valence-electron chi connectivity index (χ2n) is 5.50. The minimum Gasteiger partial charge on any atom is -0.495 e. The number of nitrogen functional groups attached to an aromatic ring is 1. The number of methoxy groups -OCH3 is 1. The molecular weight excluding hydrogens is 276 g/mol. The summed E-state index contributed by atoms with van der Waals surface area (Å²) in [5.41, 5.74) is 10.6. The fourth-order valence-electron chi connectivity index (χ4n) is 2.47. The monoisotopic (exact) mass is 298 g/mol. The van der Waals surface area contributed by atoms with Crippen LogP contribution in [0.5, 0.6) is 5.75 Å². The highest BCUT2D eigenvalue weighted by molar-refractivity contribution is 5.91. The molecule has 0 heterocycles. The van der Waals surface area contributed by atoms with Gasteiger partial charge in [-0.2, -0.15) is 0 Å². The van der Waals surface area contributed by atoms with Gasteiger partial charge in [0.05, 0.1) is 12.8 Å². The molecule has 0 unspecified atom stereocenters. The smallest absolute Gasteiger partial charge is 0.224 e. The molecule has 3 N–H and O–H groups in total. The number of anilines is 2. The van der Waals surface area contributed by atoms with Crippen LogP contribution in [0.25, 0.3) is 0 Å². The molecule has 2 aromatic carbocycles. The molecule has 116 valence electrons. The van der Waals surface area contributed by atoms with Crippen molar-refractivity contribution < 1.29 is 9.53 Å². The lowest BCUT2D eigenvalue weighted by atomic mass is 10.1. The highest BCUT2D eigenvalue weighted by Crippen LogP contribution is 2.22. The highest BCUT2D eigenvalue weighted by atomic mass is 16.5. The van der Waals surface area contributed by atoms with Gasteiger partial charge in [-0.25, -0.2) is 0 Å². The largest absolute Gasteiger partial charge is 0.495 e. The Hall–Kier alpha value is -2.49. The summed E-state index contributed by atoms with van der Waals surface area (Å²) in [5.74, 6) is 0.655. The Morgan fingerprint density at radius 1 is 1.14 bits per heavy atom. The number of amides is 1. The van der Waals surface area contributed by atoms with Crippen LogP contribution in [0, 0.1) is 13.8 Å². The number of rotatable bonds is 5. The van der Waals surface area contributed by atoms with Gasteiger partial charge in [0.15, 0.2) is 0 Å². The number of nitrogens with two attached hydrogens (primary N) is 1. The first-order valence-electron chi connectivity index (χ1n) is 7.28. The van der Waals surface area contributed by atoms with Gasteiger partial charge in [-0.15, -0.1) is 0 Å². The lowest BCUT2D eigenvalue weighted by Gasteiger charge is -2.09. The van der Waals surface area contributed by atoms with Crippen molar-refractivity contribution >= 4 is 17.3 Å². The molecule has 0 fully saturated rings. The number of benzene rings is 2. The van der Waals surface area contributed by atoms with Crippen LogP contribution in [0.3, 0.4) is 0 Å². The van der Waals surface area contributed by atoms with E-state index in [1.165, 1.54) is 0 Å². The molecule has 0 saturated heterocycles. The predicted molar refractivity (Wildman–Crippen MR) is 90.3 cm³/mol. The fourth-order valence-corrected chi connectivity index (χ4v) is 2.47. The maximum absolute atomic E-state index is 12.0. The van der Waals surface area contributed by atoms with Gasteiger partial charge in [-0.1, -0.05) is 12.1 Å². The molecule has 0 spiro atoms. The second kappa shape index (κ2) is 6.98. The zero-order valence-corrected chi connectivity index (χ0v) is 13.3. The Labute approximate surface area is 131 Å². The summed E-state index contributed by atoms with van der Waals surface area (Å²) >= 11 is 0. The molecule has 0 aliphatic rings. The van der Waals surface area contributed by atoms with Crippen molar-refractivity contribution in [3.63, 3.8) is 0 Å². The van der Waals surface area contributed by atoms with Gasteiger partial charge in [0.25, 0.3) is 0 Å². The summed E-state index contributed by atoms with van der Waals surface area (Å²) < 4.78 is 5.12. The lowest BCUT2D eigenvalue weighted by Crippen LogP contribution is -2.12. The summed E-state index contributed by atoms with van der Waals surface area (Å²) in [5, 5.41) is 2.94. The van der Waals surface area contributed by atoms with Crippen molar-refractivity contribution in [2.45, 2.75) is 26.7 Å². The van der Waals surface area contributed by atoms with Crippen LogP contribution in [0.4, 0.5) is 11.4 Å². The van der Waals surface area contributed by atoms with Gasteiger partial charge in [0.2, 0.25) is 5.91 Å². The van der Waals surface area contributed by atoms with Crippen molar-refractivity contribution in [1.29, 1.82) is 0 Å². The van der Waals surface area contributed by atoms with E-state index in [4.69, 9.17) is 10.5 Å². The predicted octanol–water partition coefficient (Wildman–Crippen LogP) is 3.47. The minimum absolute atomic E-state index is 0.000565. The van der Waals surface area contributed by atoms with E-state index in [2.05, 4.69) is 11.4 Å². The molecule has 2 rings (SSSR count). The first-order valence-corrected chi connectivity index (χ1v) is 7.28. The third kappa shape index (κ3) is 4.25. The Bertz CT molecular complexity index is 661. The lowest BCUT2D eigenvalue weighted by molar-refractivity contribution is -0.116. The summed E-state index contributed by atoms with van der Waals surface area (Å²) in [7, 11) is 1.59. The first kappa shape index (κ1) is 15.9. The van der Waals surface area contributed by atoms with Crippen LogP contribution < -0.4 is 15.8 Å². The average molecular weight is 298 g/mol. The first-order chi connectivity index (χ1) is 10.5. The molecular formula is C18H22N2O2. The molecule has 4 heteroatoms. The number of carbonyl (C=O) groups is 1. The number of carbonyl (C=O) groups excluding carboxylic acids is 1. The van der Waals surface area contributed by atoms with Gasteiger partial charge >= 0.3 is 0 Å². The Kier molecular flexibility index (Phi) is 5.04. The van der Waals surface area contributed by atoms with Crippen molar-refractivity contribution in [2.75, 3.05) is 18.2 Å². The molecule has 22 heavy (non-hydrogen) atoms. The van der Waals surface area contributed by atoms with E-state index in [0.717, 1.165) is 22.4 Å². The zero-order chi connectivity index (χ0) is 16.1. The maximum atomic E-state index is 12.0. The normalized spacial score (nSPS) is 10.3. The van der Waals surface area contributed by atoms with Crippen LogP contribution >= 0.6 is 0 Å². The number of aryl methyl sites for hydroxylation is 3. The van der Waals surface area contributed by atoms with Gasteiger partial charge < -0.3 is 15.8 Å². The van der Waals surface area contributed by atoms with E-state index in [-0.39, 0.29) is 5.91 Å². The summed E-state index contributed by atoms with van der Waals surface area (Å²) in [6.45, 7) is 4.03. The molecule has 0 aromatic heterocycles. The molecule has 0 saturated carbocycles. The topological polar surface area (TPSA) is 64.3 Å². The highest BCUT2D eigenvalue weighted by Gasteiger charge is 2.06. The molecule has 1 amide bonds. The summed E-state index contributed by atoms with van der Waals surface area (Å²) in [6, 6.07) is 11.6. The Morgan fingerprint density at radius 2 is 1.82 bits per heavy atom. The van der Waals surface area contributed by atoms with Crippen molar-refractivity contribution in [1.82, 2.24) is 0 Å². The molecule has 0 aliphatic carbocycles. The van der Waals surface area contributed by atoms with Crippen LogP contribution in [0.2, 0.25) is 0 Å². The molecule has 0 radical (unpaired) electrons. The molecule has 2 aromatic rings. The van der Waals surface area contributed by atoms with Crippen LogP contribution in [-0.4, -0.2) is 13.0 Å². The van der Waals surface area contributed by atoms with Crippen molar-refractivity contribution in [3.05, 3.63) is 53.1 Å². The molecule has 0 atom stereocenters. The number of hydrogen-bond acceptors (Lipinski definition) is 3. The van der Waals surface area contributed by atoms with Gasteiger partial charge in [0.1, 0.15) is 5.75 Å². The van der Waals surface area contributed by atoms with Crippen LogP contribution in [0.1, 0.15) is 23.1 Å². The Balaban J connectivity index is 1.94. The van der Waals surface area contributed by atoms with E-state index in [9.17, 15) is 4.79 Å². The van der Waals surface area contributed by atoms with Crippen molar-refractivity contribution in [2.24, 2.45) is 0 Å². The number of hydrogen-bond donors (Lipinski definition) is 2. The fraction of sp³-hybridized carbons (Fsp3) is 0.278. The SMILES string of the molecule is COc1ccc(CCC(=O)Nc2cc(C)cc(C)c2)cc1N. The van der Waals surface area contributed by atoms with Gasteiger partial charge in [-0.05, 0) is 61.2 Å². The van der Waals surface area contributed by atoms with E-state index < -0.39 is 0 Å². The molecule has 0 bridgehead atoms. The average Bonchev–Trinajstić information content (AvgIpc) is 2.44. The second-order valence-corrected chi connectivity index (χ2v) is 5.50. The van der Waals surface area contributed by atoms with Crippen molar-refractivity contribution in [3.8, 4) is 5.75 Å². The van der Waals surface area contributed by atoms with E-state index >= 15 is 0 Å². The third-order valence-corrected chi connectivity index (χ3v) is 3.44. The van der Waals surface area contributed by atoms with Crippen LogP contribution in [0.15, 0.2) is 36.4 Å². The zero-order valence-electron chi connectivity index (χ0n) is 13.3. The third-order valence-electron chi connectivity index (χ3n) is 3.44. The van der Waals surface area contributed by atoms with Crippen LogP contribution in [-0.2, 0) is 11.2 Å². The van der Waals surface area contributed by atoms with E-state index in [0.29, 0.717) is 24.3 Å². The quantitative estimate of drug-likeness (QED) is 0.831. The van der Waals surface area contributed by atoms with E-state index in [1.54, 1.807) is 7.11 Å². The number of ether oxygens (including phenoxy) is 1.